The van der Waals surface area contributed by atoms with E-state index in [0.29, 0.717) is 11.4 Å². The van der Waals surface area contributed by atoms with Crippen molar-refractivity contribution in [3.8, 4) is 0 Å². The standard InChI is InChI=1S/C16H19FN2/c1-9-8-10(2)12(4)15(11(9)3)19-16-13(17)6-5-7-14(16)18/h5-8,19H,18H2,1-4H3. The molecule has 3 heteroatoms. The van der Waals surface area contributed by atoms with E-state index in [2.05, 4.69) is 25.2 Å². The van der Waals surface area contributed by atoms with Gasteiger partial charge in [-0.3, -0.25) is 0 Å². The predicted molar refractivity (Wildman–Crippen MR) is 79.5 cm³/mol. The minimum absolute atomic E-state index is 0.335. The highest BCUT2D eigenvalue weighted by atomic mass is 19.1. The smallest absolute Gasteiger partial charge is 0.148 e. The molecule has 0 saturated carbocycles. The lowest BCUT2D eigenvalue weighted by atomic mass is 9.98. The number of hydrogen-bond donors (Lipinski definition) is 2. The predicted octanol–water partition coefficient (Wildman–Crippen LogP) is 4.39. The summed E-state index contributed by atoms with van der Waals surface area (Å²) < 4.78 is 13.9. The van der Waals surface area contributed by atoms with Crippen LogP contribution < -0.4 is 11.1 Å². The molecule has 100 valence electrons. The molecule has 0 fully saturated rings. The maximum absolute atomic E-state index is 13.9. The lowest BCUT2D eigenvalue weighted by Gasteiger charge is -2.18. The van der Waals surface area contributed by atoms with Crippen LogP contribution >= 0.6 is 0 Å². The van der Waals surface area contributed by atoms with E-state index in [-0.39, 0.29) is 5.82 Å². The average Bonchev–Trinajstić information content (AvgIpc) is 2.35. The summed E-state index contributed by atoms with van der Waals surface area (Å²) in [5.41, 5.74) is 12.1. The Kier molecular flexibility index (Phi) is 3.47. The number of halogens is 1. The molecule has 0 bridgehead atoms. The summed E-state index contributed by atoms with van der Waals surface area (Å²) in [6.45, 7) is 8.16. The number of para-hydroxylation sites is 1. The van der Waals surface area contributed by atoms with Gasteiger partial charge in [-0.15, -0.1) is 0 Å². The highest BCUT2D eigenvalue weighted by molar-refractivity contribution is 5.77. The lowest BCUT2D eigenvalue weighted by molar-refractivity contribution is 0.632. The molecule has 0 spiro atoms. The molecular weight excluding hydrogens is 239 g/mol. The van der Waals surface area contributed by atoms with Gasteiger partial charge in [-0.2, -0.15) is 0 Å². The molecule has 0 aromatic heterocycles. The molecule has 0 aliphatic rings. The molecule has 0 atom stereocenters. The number of anilines is 3. The highest BCUT2D eigenvalue weighted by Gasteiger charge is 2.12. The van der Waals surface area contributed by atoms with Crippen LogP contribution in [0.5, 0.6) is 0 Å². The van der Waals surface area contributed by atoms with Gasteiger partial charge in [-0.25, -0.2) is 4.39 Å². The van der Waals surface area contributed by atoms with Crippen molar-refractivity contribution in [3.05, 3.63) is 52.3 Å². The van der Waals surface area contributed by atoms with Gasteiger partial charge in [0, 0.05) is 5.69 Å². The normalized spacial score (nSPS) is 10.6. The Balaban J connectivity index is 2.56. The summed E-state index contributed by atoms with van der Waals surface area (Å²) in [6.07, 6.45) is 0. The molecule has 0 aliphatic carbocycles. The van der Waals surface area contributed by atoms with Gasteiger partial charge in [0.15, 0.2) is 0 Å². The van der Waals surface area contributed by atoms with Gasteiger partial charge in [-0.1, -0.05) is 12.1 Å². The van der Waals surface area contributed by atoms with Crippen LogP contribution in [0.3, 0.4) is 0 Å². The molecule has 2 rings (SSSR count). The van der Waals surface area contributed by atoms with Gasteiger partial charge in [0.25, 0.3) is 0 Å². The van der Waals surface area contributed by atoms with E-state index in [1.807, 2.05) is 13.8 Å². The molecule has 2 aromatic carbocycles. The Morgan fingerprint density at radius 1 is 0.947 bits per heavy atom. The zero-order valence-electron chi connectivity index (χ0n) is 11.8. The van der Waals surface area contributed by atoms with Gasteiger partial charge in [0.2, 0.25) is 0 Å². The number of aryl methyl sites for hydroxylation is 2. The third-order valence-electron chi connectivity index (χ3n) is 3.66. The van der Waals surface area contributed by atoms with Crippen molar-refractivity contribution in [1.82, 2.24) is 0 Å². The van der Waals surface area contributed by atoms with E-state index in [9.17, 15) is 4.39 Å². The fourth-order valence-corrected chi connectivity index (χ4v) is 2.20. The van der Waals surface area contributed by atoms with E-state index in [0.717, 1.165) is 16.8 Å². The van der Waals surface area contributed by atoms with Crippen molar-refractivity contribution < 1.29 is 4.39 Å². The van der Waals surface area contributed by atoms with E-state index >= 15 is 0 Å². The number of nitrogens with two attached hydrogens (primary N) is 1. The summed E-state index contributed by atoms with van der Waals surface area (Å²) in [5.74, 6) is -0.335. The summed E-state index contributed by atoms with van der Waals surface area (Å²) in [6, 6.07) is 6.85. The number of rotatable bonds is 2. The van der Waals surface area contributed by atoms with E-state index in [1.165, 1.54) is 17.2 Å². The van der Waals surface area contributed by atoms with Crippen LogP contribution in [-0.2, 0) is 0 Å². The zero-order chi connectivity index (χ0) is 14.2. The summed E-state index contributed by atoms with van der Waals surface area (Å²) in [7, 11) is 0. The molecule has 0 aliphatic heterocycles. The minimum atomic E-state index is -0.335. The highest BCUT2D eigenvalue weighted by Crippen LogP contribution is 2.32. The third-order valence-corrected chi connectivity index (χ3v) is 3.66. The first-order chi connectivity index (χ1) is 8.91. The molecule has 3 N–H and O–H groups in total. The number of benzene rings is 2. The average molecular weight is 258 g/mol. The van der Waals surface area contributed by atoms with Crippen LogP contribution in [-0.4, -0.2) is 0 Å². The van der Waals surface area contributed by atoms with E-state index in [4.69, 9.17) is 5.73 Å². The number of hydrogen-bond acceptors (Lipinski definition) is 2. The molecule has 0 amide bonds. The molecule has 0 radical (unpaired) electrons. The summed E-state index contributed by atoms with van der Waals surface area (Å²) in [5, 5.41) is 3.16. The van der Waals surface area contributed by atoms with Crippen LogP contribution in [0.2, 0.25) is 0 Å². The largest absolute Gasteiger partial charge is 0.397 e. The maximum atomic E-state index is 13.9. The second-order valence-electron chi connectivity index (χ2n) is 4.96. The van der Waals surface area contributed by atoms with Crippen molar-refractivity contribution in [3.63, 3.8) is 0 Å². The SMILES string of the molecule is Cc1cc(C)c(C)c(Nc2c(N)cccc2F)c1C. The Labute approximate surface area is 113 Å². The molecule has 19 heavy (non-hydrogen) atoms. The Morgan fingerprint density at radius 3 is 2.05 bits per heavy atom. The van der Waals surface area contributed by atoms with Crippen molar-refractivity contribution in [1.29, 1.82) is 0 Å². The van der Waals surface area contributed by atoms with Gasteiger partial charge in [-0.05, 0) is 62.1 Å². The summed E-state index contributed by atoms with van der Waals surface area (Å²) >= 11 is 0. The van der Waals surface area contributed by atoms with Gasteiger partial charge >= 0.3 is 0 Å². The first-order valence-corrected chi connectivity index (χ1v) is 6.30. The third kappa shape index (κ3) is 2.41. The van der Waals surface area contributed by atoms with Crippen LogP contribution in [0.15, 0.2) is 24.3 Å². The zero-order valence-corrected chi connectivity index (χ0v) is 11.8. The molecule has 0 unspecified atom stereocenters. The molecule has 2 nitrogen and oxygen atoms in total. The lowest BCUT2D eigenvalue weighted by Crippen LogP contribution is -2.04. The van der Waals surface area contributed by atoms with Crippen LogP contribution in [0.25, 0.3) is 0 Å². The number of nitrogen functional groups attached to an aromatic ring is 1. The van der Waals surface area contributed by atoms with Crippen LogP contribution in [0.4, 0.5) is 21.5 Å². The van der Waals surface area contributed by atoms with Crippen molar-refractivity contribution in [2.75, 3.05) is 11.1 Å². The summed E-state index contributed by atoms with van der Waals surface area (Å²) in [4.78, 5) is 0. The molecular formula is C16H19FN2. The van der Waals surface area contributed by atoms with Crippen LogP contribution in [0.1, 0.15) is 22.3 Å². The second-order valence-corrected chi connectivity index (χ2v) is 4.96. The first-order valence-electron chi connectivity index (χ1n) is 6.30. The van der Waals surface area contributed by atoms with Crippen molar-refractivity contribution in [2.45, 2.75) is 27.7 Å². The molecule has 0 heterocycles. The minimum Gasteiger partial charge on any atom is -0.397 e. The van der Waals surface area contributed by atoms with E-state index in [1.54, 1.807) is 12.1 Å². The fourth-order valence-electron chi connectivity index (χ4n) is 2.20. The molecule has 0 saturated heterocycles. The van der Waals surface area contributed by atoms with Gasteiger partial charge in [0.05, 0.1) is 11.4 Å². The topological polar surface area (TPSA) is 38.0 Å². The Hall–Kier alpha value is -2.03. The number of nitrogens with one attached hydrogen (secondary N) is 1. The molecule has 2 aromatic rings. The van der Waals surface area contributed by atoms with E-state index < -0.39 is 0 Å². The van der Waals surface area contributed by atoms with Crippen LogP contribution in [0, 0.1) is 33.5 Å². The first kappa shape index (κ1) is 13.4. The monoisotopic (exact) mass is 258 g/mol. The second kappa shape index (κ2) is 4.92. The Bertz CT molecular complexity index is 587. The van der Waals surface area contributed by atoms with Gasteiger partial charge < -0.3 is 11.1 Å². The maximum Gasteiger partial charge on any atom is 0.148 e. The van der Waals surface area contributed by atoms with Gasteiger partial charge in [0.1, 0.15) is 5.82 Å². The van der Waals surface area contributed by atoms with Crippen molar-refractivity contribution in [2.24, 2.45) is 0 Å². The van der Waals surface area contributed by atoms with Crippen molar-refractivity contribution >= 4 is 17.1 Å². The quantitative estimate of drug-likeness (QED) is 0.784. The Morgan fingerprint density at radius 2 is 1.53 bits per heavy atom. The fraction of sp³-hybridized carbons (Fsp3) is 0.250.